The third-order valence-corrected chi connectivity index (χ3v) is 6.08. The maximum atomic E-state index is 4.73. The number of piperazine rings is 1. The van der Waals surface area contributed by atoms with Crippen LogP contribution in [-0.4, -0.2) is 45.5 Å². The predicted molar refractivity (Wildman–Crippen MR) is 93.7 cm³/mol. The van der Waals surface area contributed by atoms with Crippen molar-refractivity contribution in [3.05, 3.63) is 23.6 Å². The molecular formula is C15H16N6S2. The molecule has 0 unspecified atom stereocenters. The smallest absolute Gasteiger partial charge is 0.205 e. The van der Waals surface area contributed by atoms with Crippen molar-refractivity contribution in [2.24, 2.45) is 0 Å². The molecular weight excluding hydrogens is 328 g/mol. The molecule has 118 valence electrons. The third-order valence-electron chi connectivity index (χ3n) is 4.46. The monoisotopic (exact) mass is 344 g/mol. The van der Waals surface area contributed by atoms with E-state index in [1.165, 1.54) is 12.8 Å². The van der Waals surface area contributed by atoms with E-state index >= 15 is 0 Å². The minimum absolute atomic E-state index is 0.634. The zero-order valence-corrected chi connectivity index (χ0v) is 14.2. The van der Waals surface area contributed by atoms with E-state index in [4.69, 9.17) is 4.98 Å². The van der Waals surface area contributed by atoms with Gasteiger partial charge in [0.15, 0.2) is 0 Å². The summed E-state index contributed by atoms with van der Waals surface area (Å²) in [6.07, 6.45) is 4.19. The molecule has 0 radical (unpaired) electrons. The number of nitrogens with zero attached hydrogens (tertiary/aromatic N) is 6. The second kappa shape index (κ2) is 5.38. The van der Waals surface area contributed by atoms with Crippen LogP contribution in [-0.2, 0) is 0 Å². The summed E-state index contributed by atoms with van der Waals surface area (Å²) < 4.78 is 4.52. The normalized spacial score (nSPS) is 18.8. The average Bonchev–Trinajstić information content (AvgIpc) is 3.13. The fourth-order valence-electron chi connectivity index (χ4n) is 3.00. The summed E-state index contributed by atoms with van der Waals surface area (Å²) in [6.45, 7) is 3.85. The first-order valence-electron chi connectivity index (χ1n) is 7.90. The molecule has 2 aliphatic rings. The Morgan fingerprint density at radius 1 is 1.04 bits per heavy atom. The summed E-state index contributed by atoms with van der Waals surface area (Å²) in [4.78, 5) is 19.4. The third kappa shape index (κ3) is 2.46. The number of aromatic nitrogens is 4. The Bertz CT molecular complexity index is 831. The van der Waals surface area contributed by atoms with Crippen molar-refractivity contribution in [1.29, 1.82) is 0 Å². The van der Waals surface area contributed by atoms with E-state index in [9.17, 15) is 0 Å². The lowest BCUT2D eigenvalue weighted by molar-refractivity contribution is 0.646. The molecule has 8 heteroatoms. The highest BCUT2D eigenvalue weighted by molar-refractivity contribution is 7.16. The van der Waals surface area contributed by atoms with Crippen LogP contribution >= 0.6 is 22.9 Å². The molecule has 1 saturated carbocycles. The summed E-state index contributed by atoms with van der Waals surface area (Å²) >= 11 is 3.22. The SMILES string of the molecule is c1nc(N2CCN(c3nc(C4CC4)ns3)CC2)c2ccsc2n1. The fourth-order valence-corrected chi connectivity index (χ4v) is 4.53. The Morgan fingerprint density at radius 2 is 1.87 bits per heavy atom. The molecule has 1 aliphatic carbocycles. The molecule has 1 saturated heterocycles. The van der Waals surface area contributed by atoms with Crippen LogP contribution in [0.2, 0.25) is 0 Å². The molecule has 1 aliphatic heterocycles. The van der Waals surface area contributed by atoms with Crippen LogP contribution in [0.25, 0.3) is 10.2 Å². The Labute approximate surface area is 142 Å². The van der Waals surface area contributed by atoms with Crippen molar-refractivity contribution in [3.8, 4) is 0 Å². The molecule has 0 aromatic carbocycles. The molecule has 4 heterocycles. The van der Waals surface area contributed by atoms with Gasteiger partial charge in [0, 0.05) is 43.6 Å². The van der Waals surface area contributed by atoms with Gasteiger partial charge in [-0.15, -0.1) is 11.3 Å². The van der Waals surface area contributed by atoms with Crippen LogP contribution in [0.1, 0.15) is 24.6 Å². The molecule has 5 rings (SSSR count). The Morgan fingerprint density at radius 3 is 2.70 bits per heavy atom. The van der Waals surface area contributed by atoms with Crippen LogP contribution < -0.4 is 9.80 Å². The van der Waals surface area contributed by atoms with E-state index in [1.807, 2.05) is 0 Å². The van der Waals surface area contributed by atoms with Gasteiger partial charge in [-0.05, 0) is 24.3 Å². The molecule has 3 aromatic rings. The number of rotatable bonds is 3. The van der Waals surface area contributed by atoms with Gasteiger partial charge >= 0.3 is 0 Å². The number of fused-ring (bicyclic) bond motifs is 1. The molecule has 0 amide bonds. The van der Waals surface area contributed by atoms with Crippen molar-refractivity contribution in [3.63, 3.8) is 0 Å². The van der Waals surface area contributed by atoms with Gasteiger partial charge in [0.1, 0.15) is 22.8 Å². The summed E-state index contributed by atoms with van der Waals surface area (Å²) in [7, 11) is 0. The average molecular weight is 344 g/mol. The molecule has 0 bridgehead atoms. The number of hydrogen-bond donors (Lipinski definition) is 0. The summed E-state index contributed by atoms with van der Waals surface area (Å²) in [5.41, 5.74) is 0. The van der Waals surface area contributed by atoms with Gasteiger partial charge in [0.05, 0.1) is 5.39 Å². The number of thiophene rings is 1. The van der Waals surface area contributed by atoms with E-state index in [0.717, 1.165) is 53.2 Å². The summed E-state index contributed by atoms with van der Waals surface area (Å²) in [5, 5.41) is 4.33. The zero-order valence-electron chi connectivity index (χ0n) is 12.6. The topological polar surface area (TPSA) is 58.0 Å². The summed E-state index contributed by atoms with van der Waals surface area (Å²) in [5.74, 6) is 2.75. The van der Waals surface area contributed by atoms with Crippen LogP contribution in [0, 0.1) is 0 Å². The standard InChI is InChI=1S/C15H16N6S2/c1-2-10(1)12-18-15(23-19-12)21-6-4-20(5-7-21)13-11-3-8-22-14(11)17-9-16-13/h3,8-10H,1-2,4-7H2. The Hall–Kier alpha value is -1.80. The maximum absolute atomic E-state index is 4.73. The molecule has 6 nitrogen and oxygen atoms in total. The lowest BCUT2D eigenvalue weighted by atomic mass is 10.3. The lowest BCUT2D eigenvalue weighted by Gasteiger charge is -2.35. The lowest BCUT2D eigenvalue weighted by Crippen LogP contribution is -2.46. The van der Waals surface area contributed by atoms with Gasteiger partial charge in [-0.3, -0.25) is 0 Å². The number of hydrogen-bond acceptors (Lipinski definition) is 8. The quantitative estimate of drug-likeness (QED) is 0.728. The molecule has 0 N–H and O–H groups in total. The first-order chi connectivity index (χ1) is 11.4. The van der Waals surface area contributed by atoms with Crippen LogP contribution in [0.4, 0.5) is 10.9 Å². The van der Waals surface area contributed by atoms with Crippen molar-refractivity contribution < 1.29 is 0 Å². The highest BCUT2D eigenvalue weighted by atomic mass is 32.1. The molecule has 0 spiro atoms. The minimum Gasteiger partial charge on any atom is -0.352 e. The minimum atomic E-state index is 0.634. The second-order valence-electron chi connectivity index (χ2n) is 6.02. The van der Waals surface area contributed by atoms with Gasteiger partial charge in [0.2, 0.25) is 5.13 Å². The van der Waals surface area contributed by atoms with Crippen molar-refractivity contribution in [1.82, 2.24) is 19.3 Å². The molecule has 23 heavy (non-hydrogen) atoms. The van der Waals surface area contributed by atoms with Crippen molar-refractivity contribution >= 4 is 44.0 Å². The van der Waals surface area contributed by atoms with Gasteiger partial charge in [-0.25, -0.2) is 15.0 Å². The first-order valence-corrected chi connectivity index (χ1v) is 9.55. The second-order valence-corrected chi connectivity index (χ2v) is 7.65. The fraction of sp³-hybridized carbons (Fsp3) is 0.467. The molecule has 3 aromatic heterocycles. The number of anilines is 2. The van der Waals surface area contributed by atoms with E-state index in [0.29, 0.717) is 5.92 Å². The van der Waals surface area contributed by atoms with Crippen LogP contribution in [0.5, 0.6) is 0 Å². The maximum Gasteiger partial charge on any atom is 0.205 e. The van der Waals surface area contributed by atoms with Crippen molar-refractivity contribution in [2.45, 2.75) is 18.8 Å². The van der Waals surface area contributed by atoms with Gasteiger partial charge in [-0.2, -0.15) is 4.37 Å². The predicted octanol–water partition coefficient (Wildman–Crippen LogP) is 2.75. The van der Waals surface area contributed by atoms with E-state index in [-0.39, 0.29) is 0 Å². The largest absolute Gasteiger partial charge is 0.352 e. The molecule has 2 fully saturated rings. The van der Waals surface area contributed by atoms with Crippen molar-refractivity contribution in [2.75, 3.05) is 36.0 Å². The first kappa shape index (κ1) is 13.6. The van der Waals surface area contributed by atoms with E-state index < -0.39 is 0 Å². The van der Waals surface area contributed by atoms with Gasteiger partial charge in [0.25, 0.3) is 0 Å². The Balaban J connectivity index is 1.32. The summed E-state index contributed by atoms with van der Waals surface area (Å²) in [6, 6.07) is 2.12. The zero-order chi connectivity index (χ0) is 15.2. The molecule has 0 atom stereocenters. The Kier molecular flexibility index (Phi) is 3.19. The van der Waals surface area contributed by atoms with E-state index in [1.54, 1.807) is 29.2 Å². The van der Waals surface area contributed by atoms with Crippen LogP contribution in [0.3, 0.4) is 0 Å². The highest BCUT2D eigenvalue weighted by Gasteiger charge is 2.29. The van der Waals surface area contributed by atoms with Crippen LogP contribution in [0.15, 0.2) is 17.8 Å². The highest BCUT2D eigenvalue weighted by Crippen LogP contribution is 2.39. The van der Waals surface area contributed by atoms with Gasteiger partial charge < -0.3 is 9.80 Å². The van der Waals surface area contributed by atoms with E-state index in [2.05, 4.69) is 35.6 Å². The van der Waals surface area contributed by atoms with Gasteiger partial charge in [-0.1, -0.05) is 0 Å².